The first kappa shape index (κ1) is 15.8. The maximum absolute atomic E-state index is 12.9. The second-order valence-corrected chi connectivity index (χ2v) is 6.14. The van der Waals surface area contributed by atoms with Crippen LogP contribution in [0.2, 0.25) is 0 Å². The van der Waals surface area contributed by atoms with Crippen LogP contribution in [-0.4, -0.2) is 50.9 Å². The summed E-state index contributed by atoms with van der Waals surface area (Å²) in [7, 11) is 0. The summed E-state index contributed by atoms with van der Waals surface area (Å²) >= 11 is 0. The van der Waals surface area contributed by atoms with E-state index in [2.05, 4.69) is 0 Å². The Morgan fingerprint density at radius 2 is 1.96 bits per heavy atom. The summed E-state index contributed by atoms with van der Waals surface area (Å²) < 4.78 is 2.05. The van der Waals surface area contributed by atoms with E-state index in [-0.39, 0.29) is 25.1 Å². The van der Waals surface area contributed by atoms with Gasteiger partial charge in [-0.1, -0.05) is 18.2 Å². The predicted molar refractivity (Wildman–Crippen MR) is 87.8 cm³/mol. The number of benzene rings is 1. The van der Waals surface area contributed by atoms with E-state index in [9.17, 15) is 15.0 Å². The van der Waals surface area contributed by atoms with Crippen LogP contribution in [-0.2, 0) is 0 Å². The lowest BCUT2D eigenvalue weighted by molar-refractivity contribution is 0.0664. The van der Waals surface area contributed by atoms with E-state index in [1.54, 1.807) is 4.90 Å². The molecule has 0 radical (unpaired) electrons. The molecule has 23 heavy (non-hydrogen) atoms. The molecule has 0 bridgehead atoms. The quantitative estimate of drug-likeness (QED) is 0.905. The topological polar surface area (TPSA) is 65.7 Å². The summed E-state index contributed by atoms with van der Waals surface area (Å²) in [6, 6.07) is 11.5. The van der Waals surface area contributed by atoms with Gasteiger partial charge in [0.1, 0.15) is 0 Å². The molecule has 122 valence electrons. The number of carbonyl (C=O) groups is 1. The van der Waals surface area contributed by atoms with Gasteiger partial charge in [0.05, 0.1) is 24.3 Å². The lowest BCUT2D eigenvalue weighted by atomic mass is 10.2. The van der Waals surface area contributed by atoms with E-state index >= 15 is 0 Å². The van der Waals surface area contributed by atoms with E-state index in [0.717, 1.165) is 17.1 Å². The van der Waals surface area contributed by atoms with Crippen LogP contribution in [0.4, 0.5) is 0 Å². The second kappa shape index (κ2) is 6.18. The first-order valence-corrected chi connectivity index (χ1v) is 7.87. The van der Waals surface area contributed by atoms with Crippen molar-refractivity contribution in [2.45, 2.75) is 32.4 Å². The van der Waals surface area contributed by atoms with Crippen LogP contribution in [0.3, 0.4) is 0 Å². The molecule has 2 atom stereocenters. The normalized spacial score (nSPS) is 21.0. The first-order valence-electron chi connectivity index (χ1n) is 7.87. The van der Waals surface area contributed by atoms with Crippen LogP contribution >= 0.6 is 0 Å². The third kappa shape index (κ3) is 2.78. The van der Waals surface area contributed by atoms with Gasteiger partial charge < -0.3 is 19.7 Å². The molecule has 2 aromatic rings. The third-order valence-corrected chi connectivity index (χ3v) is 4.54. The Balaban J connectivity index is 1.97. The molecule has 1 aromatic heterocycles. The largest absolute Gasteiger partial charge is 0.394 e. The van der Waals surface area contributed by atoms with E-state index in [1.165, 1.54) is 0 Å². The Kier molecular flexibility index (Phi) is 4.24. The zero-order chi connectivity index (χ0) is 16.6. The molecule has 2 N–H and O–H groups in total. The number of rotatable bonds is 3. The molecule has 5 heteroatoms. The first-order chi connectivity index (χ1) is 11.0. The zero-order valence-electron chi connectivity index (χ0n) is 13.4. The maximum Gasteiger partial charge on any atom is 0.256 e. The van der Waals surface area contributed by atoms with Crippen LogP contribution in [0.25, 0.3) is 5.69 Å². The number of carbonyl (C=O) groups excluding carboxylic acids is 1. The Labute approximate surface area is 135 Å². The Morgan fingerprint density at radius 1 is 1.26 bits per heavy atom. The summed E-state index contributed by atoms with van der Waals surface area (Å²) in [5.41, 5.74) is 3.50. The van der Waals surface area contributed by atoms with Gasteiger partial charge in [-0.2, -0.15) is 0 Å². The van der Waals surface area contributed by atoms with Crippen LogP contribution in [0.5, 0.6) is 0 Å². The molecule has 1 amide bonds. The number of hydrogen-bond acceptors (Lipinski definition) is 3. The van der Waals surface area contributed by atoms with Crippen LogP contribution in [0, 0.1) is 13.8 Å². The monoisotopic (exact) mass is 314 g/mol. The van der Waals surface area contributed by atoms with Crippen molar-refractivity contribution in [3.8, 4) is 5.69 Å². The molecule has 0 saturated carbocycles. The van der Waals surface area contributed by atoms with Crippen LogP contribution in [0.1, 0.15) is 28.2 Å². The number of aryl methyl sites for hydroxylation is 1. The van der Waals surface area contributed by atoms with Crippen molar-refractivity contribution in [1.29, 1.82) is 0 Å². The van der Waals surface area contributed by atoms with Crippen molar-refractivity contribution in [3.05, 3.63) is 53.3 Å². The van der Waals surface area contributed by atoms with Gasteiger partial charge in [-0.15, -0.1) is 0 Å². The number of aromatic nitrogens is 1. The van der Waals surface area contributed by atoms with Crippen molar-refractivity contribution in [3.63, 3.8) is 0 Å². The van der Waals surface area contributed by atoms with Crippen molar-refractivity contribution in [2.24, 2.45) is 0 Å². The molecule has 0 unspecified atom stereocenters. The minimum absolute atomic E-state index is 0.125. The number of nitrogens with zero attached hydrogens (tertiary/aromatic N) is 2. The highest BCUT2D eigenvalue weighted by Crippen LogP contribution is 2.25. The highest BCUT2D eigenvalue weighted by Gasteiger charge is 2.35. The van der Waals surface area contributed by atoms with Gasteiger partial charge in [0.2, 0.25) is 0 Å². The fraction of sp³-hybridized carbons (Fsp3) is 0.389. The summed E-state index contributed by atoms with van der Waals surface area (Å²) in [6.07, 6.45) is -0.131. The smallest absolute Gasteiger partial charge is 0.256 e. The van der Waals surface area contributed by atoms with E-state index < -0.39 is 6.10 Å². The summed E-state index contributed by atoms with van der Waals surface area (Å²) in [5, 5.41) is 19.2. The molecule has 0 aliphatic carbocycles. The van der Waals surface area contributed by atoms with Crippen molar-refractivity contribution in [2.75, 3.05) is 13.2 Å². The lowest BCUT2D eigenvalue weighted by Gasteiger charge is -2.22. The maximum atomic E-state index is 12.9. The molecule has 2 heterocycles. The van der Waals surface area contributed by atoms with Gasteiger partial charge in [-0.05, 0) is 38.5 Å². The SMILES string of the molecule is Cc1cc(C(=O)N2C[C@H](O)C[C@@H]2CO)c(C)n1-c1ccccc1. The predicted octanol–water partition coefficient (Wildman–Crippen LogP) is 1.66. The zero-order valence-corrected chi connectivity index (χ0v) is 13.4. The van der Waals surface area contributed by atoms with Gasteiger partial charge in [-0.25, -0.2) is 0 Å². The lowest BCUT2D eigenvalue weighted by Crippen LogP contribution is -2.38. The fourth-order valence-corrected chi connectivity index (χ4v) is 3.42. The van der Waals surface area contributed by atoms with Crippen molar-refractivity contribution >= 4 is 5.91 Å². The van der Waals surface area contributed by atoms with E-state index in [0.29, 0.717) is 12.0 Å². The summed E-state index contributed by atoms with van der Waals surface area (Å²) in [6.45, 7) is 4.05. The van der Waals surface area contributed by atoms with Gasteiger partial charge in [0, 0.05) is 23.6 Å². The molecule has 3 rings (SSSR count). The second-order valence-electron chi connectivity index (χ2n) is 6.14. The number of aliphatic hydroxyl groups is 2. The van der Waals surface area contributed by atoms with E-state index in [4.69, 9.17) is 0 Å². The molecule has 1 fully saturated rings. The van der Waals surface area contributed by atoms with Crippen LogP contribution in [0.15, 0.2) is 36.4 Å². The number of hydrogen-bond donors (Lipinski definition) is 2. The third-order valence-electron chi connectivity index (χ3n) is 4.54. The summed E-state index contributed by atoms with van der Waals surface area (Å²) in [4.78, 5) is 14.5. The van der Waals surface area contributed by atoms with Gasteiger partial charge in [0.15, 0.2) is 0 Å². The average molecular weight is 314 g/mol. The molecule has 1 aliphatic rings. The van der Waals surface area contributed by atoms with Gasteiger partial charge in [-0.3, -0.25) is 4.79 Å². The summed E-state index contributed by atoms with van der Waals surface area (Å²) in [5.74, 6) is -0.129. The molecular formula is C18H22N2O3. The molecule has 0 spiro atoms. The molecule has 5 nitrogen and oxygen atoms in total. The van der Waals surface area contributed by atoms with Crippen molar-refractivity contribution < 1.29 is 15.0 Å². The Morgan fingerprint density at radius 3 is 2.61 bits per heavy atom. The molecule has 1 aromatic carbocycles. The highest BCUT2D eigenvalue weighted by atomic mass is 16.3. The Hall–Kier alpha value is -2.11. The molecule has 1 aliphatic heterocycles. The minimum atomic E-state index is -0.561. The standard InChI is InChI=1S/C18H22N2O3/c1-12-8-17(13(2)20(12)14-6-4-3-5-7-14)18(23)19-10-16(22)9-15(19)11-21/h3-8,15-16,21-22H,9-11H2,1-2H3/t15-,16-/m1/s1. The number of amides is 1. The minimum Gasteiger partial charge on any atom is -0.394 e. The van der Waals surface area contributed by atoms with E-state index in [1.807, 2.05) is 54.8 Å². The fourth-order valence-electron chi connectivity index (χ4n) is 3.42. The number of para-hydroxylation sites is 1. The Bertz CT molecular complexity index is 709. The number of aliphatic hydroxyl groups excluding tert-OH is 2. The van der Waals surface area contributed by atoms with Crippen LogP contribution < -0.4 is 0 Å². The van der Waals surface area contributed by atoms with Gasteiger partial charge >= 0.3 is 0 Å². The molecule has 1 saturated heterocycles. The van der Waals surface area contributed by atoms with Gasteiger partial charge in [0.25, 0.3) is 5.91 Å². The average Bonchev–Trinajstić information content (AvgIpc) is 3.07. The number of β-amino-alcohol motifs (C(OH)–C–C–N with tert-alkyl or cyclic N) is 1. The molecular weight excluding hydrogens is 292 g/mol. The highest BCUT2D eigenvalue weighted by molar-refractivity contribution is 5.96. The number of likely N-dealkylation sites (tertiary alicyclic amines) is 1. The van der Waals surface area contributed by atoms with Crippen molar-refractivity contribution in [1.82, 2.24) is 9.47 Å².